The molecule has 0 aromatic rings. The summed E-state index contributed by atoms with van der Waals surface area (Å²) in [5.74, 6) is 0. The molecule has 1 N–H and O–H groups in total. The number of carbonyl (C=O) groups is 1. The highest BCUT2D eigenvalue weighted by Gasteiger charge is 2.12. The van der Waals surface area contributed by atoms with E-state index in [2.05, 4.69) is 19.2 Å². The smallest absolute Gasteiger partial charge is 0.120 e. The Bertz CT molecular complexity index is 88.9. The first kappa shape index (κ1) is 8.63. The molecule has 0 unspecified atom stereocenters. The largest absolute Gasteiger partial charge is 0.315 e. The Morgan fingerprint density at radius 2 is 2.11 bits per heavy atom. The van der Waals surface area contributed by atoms with Crippen LogP contribution in [0.25, 0.3) is 0 Å². The van der Waals surface area contributed by atoms with Crippen molar-refractivity contribution in [2.75, 3.05) is 7.05 Å². The van der Waals surface area contributed by atoms with E-state index in [1.54, 1.807) is 0 Å². The Balaban J connectivity index is 3.44. The molecule has 54 valence electrons. The molecule has 0 fully saturated rings. The molecular weight excluding hydrogens is 114 g/mol. The van der Waals surface area contributed by atoms with Crippen LogP contribution in [0.2, 0.25) is 0 Å². The molecule has 0 radical (unpaired) electrons. The van der Waals surface area contributed by atoms with Crippen molar-refractivity contribution in [2.45, 2.75) is 32.2 Å². The molecule has 0 aliphatic carbocycles. The second-order valence-electron chi connectivity index (χ2n) is 2.84. The van der Waals surface area contributed by atoms with Gasteiger partial charge in [0, 0.05) is 12.0 Å². The van der Waals surface area contributed by atoms with Crippen molar-refractivity contribution in [1.29, 1.82) is 0 Å². The van der Waals surface area contributed by atoms with E-state index in [1.165, 1.54) is 0 Å². The van der Waals surface area contributed by atoms with Gasteiger partial charge in [-0.05, 0) is 27.3 Å². The molecule has 0 aromatic carbocycles. The number of nitrogens with one attached hydrogen (secondary N) is 1. The normalized spacial score (nSPS) is 11.4. The van der Waals surface area contributed by atoms with E-state index in [4.69, 9.17) is 0 Å². The minimum absolute atomic E-state index is 0.112. The van der Waals surface area contributed by atoms with Crippen LogP contribution in [0.4, 0.5) is 0 Å². The zero-order valence-electron chi connectivity index (χ0n) is 6.40. The number of aldehydes is 1. The minimum Gasteiger partial charge on any atom is -0.315 e. The summed E-state index contributed by atoms with van der Waals surface area (Å²) in [4.78, 5) is 9.94. The number of rotatable bonds is 4. The Hall–Kier alpha value is -0.370. The third-order valence-corrected chi connectivity index (χ3v) is 1.56. The lowest BCUT2D eigenvalue weighted by atomic mass is 10.00. The van der Waals surface area contributed by atoms with Crippen LogP contribution >= 0.6 is 0 Å². The van der Waals surface area contributed by atoms with Gasteiger partial charge in [-0.15, -0.1) is 0 Å². The Kier molecular flexibility index (Phi) is 3.47. The van der Waals surface area contributed by atoms with Crippen LogP contribution in [0.5, 0.6) is 0 Å². The highest BCUT2D eigenvalue weighted by atomic mass is 16.1. The van der Waals surface area contributed by atoms with Crippen molar-refractivity contribution < 1.29 is 4.79 Å². The third-order valence-electron chi connectivity index (χ3n) is 1.56. The zero-order valence-corrected chi connectivity index (χ0v) is 6.40. The van der Waals surface area contributed by atoms with E-state index in [0.717, 1.165) is 12.7 Å². The van der Waals surface area contributed by atoms with Gasteiger partial charge in [0.05, 0.1) is 0 Å². The summed E-state index contributed by atoms with van der Waals surface area (Å²) in [6, 6.07) is 0. The van der Waals surface area contributed by atoms with Crippen LogP contribution < -0.4 is 5.32 Å². The van der Waals surface area contributed by atoms with Crippen LogP contribution in [0.15, 0.2) is 0 Å². The molecule has 2 nitrogen and oxygen atoms in total. The van der Waals surface area contributed by atoms with E-state index in [9.17, 15) is 4.79 Å². The highest BCUT2D eigenvalue weighted by molar-refractivity contribution is 5.49. The van der Waals surface area contributed by atoms with Gasteiger partial charge in [0.15, 0.2) is 0 Å². The van der Waals surface area contributed by atoms with E-state index < -0.39 is 0 Å². The van der Waals surface area contributed by atoms with Gasteiger partial charge in [-0.1, -0.05) is 0 Å². The SMILES string of the molecule is CNC(C)(C)CCC=O. The van der Waals surface area contributed by atoms with Gasteiger partial charge in [-0.3, -0.25) is 0 Å². The summed E-state index contributed by atoms with van der Waals surface area (Å²) in [6.45, 7) is 4.16. The Morgan fingerprint density at radius 3 is 2.44 bits per heavy atom. The van der Waals surface area contributed by atoms with Crippen molar-refractivity contribution >= 4 is 6.29 Å². The maximum Gasteiger partial charge on any atom is 0.120 e. The molecular formula is C7H15NO. The minimum atomic E-state index is 0.112. The zero-order chi connectivity index (χ0) is 7.33. The van der Waals surface area contributed by atoms with Crippen LogP contribution in [-0.4, -0.2) is 18.9 Å². The molecule has 9 heavy (non-hydrogen) atoms. The summed E-state index contributed by atoms with van der Waals surface area (Å²) in [5.41, 5.74) is 0.112. The molecule has 0 saturated carbocycles. The van der Waals surface area contributed by atoms with E-state index in [0.29, 0.717) is 6.42 Å². The van der Waals surface area contributed by atoms with Crippen LogP contribution in [-0.2, 0) is 4.79 Å². The quantitative estimate of drug-likeness (QED) is 0.573. The average molecular weight is 129 g/mol. The summed E-state index contributed by atoms with van der Waals surface area (Å²) < 4.78 is 0. The van der Waals surface area contributed by atoms with Gasteiger partial charge >= 0.3 is 0 Å². The van der Waals surface area contributed by atoms with Gasteiger partial charge in [0.25, 0.3) is 0 Å². The van der Waals surface area contributed by atoms with Gasteiger partial charge in [-0.2, -0.15) is 0 Å². The van der Waals surface area contributed by atoms with Crippen molar-refractivity contribution in [2.24, 2.45) is 0 Å². The van der Waals surface area contributed by atoms with Crippen molar-refractivity contribution in [3.05, 3.63) is 0 Å². The second-order valence-corrected chi connectivity index (χ2v) is 2.84. The van der Waals surface area contributed by atoms with Crippen molar-refractivity contribution in [1.82, 2.24) is 5.32 Å². The lowest BCUT2D eigenvalue weighted by molar-refractivity contribution is -0.108. The molecule has 0 bridgehead atoms. The van der Waals surface area contributed by atoms with Crippen LogP contribution in [0.1, 0.15) is 26.7 Å². The van der Waals surface area contributed by atoms with Gasteiger partial charge in [0.2, 0.25) is 0 Å². The summed E-state index contributed by atoms with van der Waals surface area (Å²) >= 11 is 0. The van der Waals surface area contributed by atoms with E-state index in [1.807, 2.05) is 7.05 Å². The number of hydrogen-bond donors (Lipinski definition) is 1. The fourth-order valence-electron chi connectivity index (χ4n) is 0.545. The van der Waals surface area contributed by atoms with E-state index >= 15 is 0 Å². The average Bonchev–Trinajstić information content (AvgIpc) is 1.84. The summed E-state index contributed by atoms with van der Waals surface area (Å²) in [7, 11) is 1.91. The van der Waals surface area contributed by atoms with Crippen molar-refractivity contribution in [3.63, 3.8) is 0 Å². The Labute approximate surface area is 56.6 Å². The Morgan fingerprint density at radius 1 is 1.56 bits per heavy atom. The predicted octanol–water partition coefficient (Wildman–Crippen LogP) is 0.963. The molecule has 2 heteroatoms. The lowest BCUT2D eigenvalue weighted by Gasteiger charge is -2.22. The van der Waals surface area contributed by atoms with Gasteiger partial charge < -0.3 is 10.1 Å². The number of hydrogen-bond acceptors (Lipinski definition) is 2. The summed E-state index contributed by atoms with van der Waals surface area (Å²) in [6.07, 6.45) is 2.51. The fourth-order valence-corrected chi connectivity index (χ4v) is 0.545. The fraction of sp³-hybridized carbons (Fsp3) is 0.857. The first-order valence-corrected chi connectivity index (χ1v) is 3.25. The van der Waals surface area contributed by atoms with Crippen molar-refractivity contribution in [3.8, 4) is 0 Å². The maximum absolute atomic E-state index is 9.94. The van der Waals surface area contributed by atoms with E-state index in [-0.39, 0.29) is 5.54 Å². The predicted molar refractivity (Wildman–Crippen MR) is 38.4 cm³/mol. The molecule has 0 amide bonds. The first-order valence-electron chi connectivity index (χ1n) is 3.25. The number of carbonyl (C=O) groups excluding carboxylic acids is 1. The van der Waals surface area contributed by atoms with Crippen LogP contribution in [0.3, 0.4) is 0 Å². The molecule has 0 aliphatic rings. The first-order chi connectivity index (χ1) is 4.12. The van der Waals surface area contributed by atoms with Gasteiger partial charge in [-0.25, -0.2) is 0 Å². The molecule has 0 heterocycles. The monoisotopic (exact) mass is 129 g/mol. The molecule has 0 aliphatic heterocycles. The maximum atomic E-state index is 9.94. The lowest BCUT2D eigenvalue weighted by Crippen LogP contribution is -2.35. The molecule has 0 saturated heterocycles. The summed E-state index contributed by atoms with van der Waals surface area (Å²) in [5, 5.41) is 3.12. The third kappa shape index (κ3) is 4.15. The highest BCUT2D eigenvalue weighted by Crippen LogP contribution is 2.07. The topological polar surface area (TPSA) is 29.1 Å². The molecule has 0 rings (SSSR count). The molecule has 0 aromatic heterocycles. The second kappa shape index (κ2) is 3.62. The van der Waals surface area contributed by atoms with Crippen LogP contribution in [0, 0.1) is 0 Å². The molecule has 0 spiro atoms. The standard InChI is InChI=1S/C7H15NO/c1-7(2,8-3)5-4-6-9/h6,8H,4-5H2,1-3H3. The molecule has 0 atom stereocenters. The van der Waals surface area contributed by atoms with Gasteiger partial charge in [0.1, 0.15) is 6.29 Å².